The molecule has 3 fully saturated rings. The van der Waals surface area contributed by atoms with Crippen molar-refractivity contribution in [2.24, 2.45) is 17.8 Å². The summed E-state index contributed by atoms with van der Waals surface area (Å²) >= 11 is 1.51. The molecule has 27 heavy (non-hydrogen) atoms. The maximum atomic E-state index is 12.6. The number of amides is 2. The maximum absolute atomic E-state index is 12.6. The predicted octanol–water partition coefficient (Wildman–Crippen LogP) is 2.96. The highest BCUT2D eigenvalue weighted by atomic mass is 32.1. The van der Waals surface area contributed by atoms with Gasteiger partial charge >= 0.3 is 0 Å². The zero-order valence-corrected chi connectivity index (χ0v) is 17.0. The van der Waals surface area contributed by atoms with E-state index in [4.69, 9.17) is 0 Å². The van der Waals surface area contributed by atoms with Crippen LogP contribution in [0.5, 0.6) is 0 Å². The second-order valence-electron chi connectivity index (χ2n) is 8.49. The summed E-state index contributed by atoms with van der Waals surface area (Å²) in [4.78, 5) is 33.7. The van der Waals surface area contributed by atoms with E-state index in [-0.39, 0.29) is 17.7 Å². The summed E-state index contributed by atoms with van der Waals surface area (Å²) in [6.45, 7) is 6.88. The van der Waals surface area contributed by atoms with E-state index in [1.165, 1.54) is 24.2 Å². The van der Waals surface area contributed by atoms with Crippen LogP contribution < -0.4 is 5.32 Å². The molecule has 1 aromatic rings. The van der Waals surface area contributed by atoms with Crippen LogP contribution in [0, 0.1) is 17.8 Å². The van der Waals surface area contributed by atoms with Crippen molar-refractivity contribution in [2.45, 2.75) is 52.0 Å². The molecule has 1 N–H and O–H groups in total. The third-order valence-corrected chi connectivity index (χ3v) is 6.82. The van der Waals surface area contributed by atoms with Crippen LogP contribution in [0.4, 0.5) is 5.13 Å². The number of nitrogens with one attached hydrogen (secondary N) is 1. The lowest BCUT2D eigenvalue weighted by Crippen LogP contribution is -2.42. The van der Waals surface area contributed by atoms with Crippen molar-refractivity contribution in [1.82, 2.24) is 14.8 Å². The molecule has 0 spiro atoms. The number of nitrogens with zero attached hydrogens (tertiary/aromatic N) is 3. The first-order chi connectivity index (χ1) is 13.1. The molecule has 3 heterocycles. The molecular formula is C20H30N4O2S. The number of likely N-dealkylation sites (tertiary alicyclic amines) is 2. The Bertz CT molecular complexity index is 679. The fraction of sp³-hybridized carbons (Fsp3) is 0.750. The van der Waals surface area contributed by atoms with Gasteiger partial charge in [0, 0.05) is 43.4 Å². The van der Waals surface area contributed by atoms with Crippen LogP contribution in [-0.4, -0.2) is 52.8 Å². The number of carbonyl (C=O) groups excluding carboxylic acids is 2. The molecule has 1 unspecified atom stereocenters. The molecule has 7 heteroatoms. The first-order valence-corrected chi connectivity index (χ1v) is 11.2. The molecule has 1 atom stereocenters. The number of aromatic nitrogens is 1. The molecule has 1 aromatic heterocycles. The Labute approximate surface area is 165 Å². The smallest absolute Gasteiger partial charge is 0.229 e. The molecule has 2 amide bonds. The molecule has 0 radical (unpaired) electrons. The van der Waals surface area contributed by atoms with E-state index in [9.17, 15) is 9.59 Å². The van der Waals surface area contributed by atoms with E-state index in [0.717, 1.165) is 56.9 Å². The van der Waals surface area contributed by atoms with E-state index in [0.29, 0.717) is 24.1 Å². The van der Waals surface area contributed by atoms with E-state index >= 15 is 0 Å². The maximum Gasteiger partial charge on any atom is 0.229 e. The highest BCUT2D eigenvalue weighted by Gasteiger charge is 2.36. The van der Waals surface area contributed by atoms with Crippen molar-refractivity contribution < 1.29 is 9.59 Å². The van der Waals surface area contributed by atoms with E-state index < -0.39 is 0 Å². The van der Waals surface area contributed by atoms with Crippen molar-refractivity contribution in [3.63, 3.8) is 0 Å². The molecule has 2 saturated heterocycles. The second kappa shape index (κ2) is 8.27. The fourth-order valence-electron chi connectivity index (χ4n) is 4.25. The Morgan fingerprint density at radius 1 is 1.15 bits per heavy atom. The molecule has 2 aliphatic heterocycles. The molecule has 0 aromatic carbocycles. The van der Waals surface area contributed by atoms with Gasteiger partial charge in [-0.2, -0.15) is 0 Å². The van der Waals surface area contributed by atoms with Gasteiger partial charge in [0.15, 0.2) is 5.13 Å². The first-order valence-electron chi connectivity index (χ1n) is 10.3. The lowest BCUT2D eigenvalue weighted by atomic mass is 9.95. The SMILES string of the molecule is CC1CCCN(Cc2csc(NC(=O)C3CCN(C(=O)C4CC4)CC3)n2)C1. The lowest BCUT2D eigenvalue weighted by Gasteiger charge is -2.31. The number of carbonyl (C=O) groups is 2. The van der Waals surface area contributed by atoms with Gasteiger partial charge in [-0.1, -0.05) is 6.92 Å². The molecule has 1 saturated carbocycles. The van der Waals surface area contributed by atoms with Crippen molar-refractivity contribution in [3.05, 3.63) is 11.1 Å². The molecule has 148 valence electrons. The third-order valence-electron chi connectivity index (χ3n) is 6.01. The predicted molar refractivity (Wildman–Crippen MR) is 106 cm³/mol. The normalized spacial score (nSPS) is 24.8. The highest BCUT2D eigenvalue weighted by molar-refractivity contribution is 7.13. The molecule has 0 bridgehead atoms. The summed E-state index contributed by atoms with van der Waals surface area (Å²) in [5.74, 6) is 1.37. The zero-order valence-electron chi connectivity index (χ0n) is 16.2. The van der Waals surface area contributed by atoms with Gasteiger partial charge in [-0.25, -0.2) is 4.98 Å². The van der Waals surface area contributed by atoms with Gasteiger partial charge < -0.3 is 10.2 Å². The minimum Gasteiger partial charge on any atom is -0.342 e. The van der Waals surface area contributed by atoms with Crippen LogP contribution in [0.15, 0.2) is 5.38 Å². The van der Waals surface area contributed by atoms with Crippen LogP contribution in [0.2, 0.25) is 0 Å². The van der Waals surface area contributed by atoms with Gasteiger partial charge in [0.25, 0.3) is 0 Å². The summed E-state index contributed by atoms with van der Waals surface area (Å²) in [5, 5.41) is 5.77. The van der Waals surface area contributed by atoms with Crippen LogP contribution in [0.1, 0.15) is 51.1 Å². The monoisotopic (exact) mass is 390 g/mol. The van der Waals surface area contributed by atoms with Crippen molar-refractivity contribution in [2.75, 3.05) is 31.5 Å². The van der Waals surface area contributed by atoms with Gasteiger partial charge in [0.1, 0.15) is 0 Å². The Morgan fingerprint density at radius 3 is 2.63 bits per heavy atom. The third kappa shape index (κ3) is 4.88. The Kier molecular flexibility index (Phi) is 5.78. The molecule has 1 aliphatic carbocycles. The summed E-state index contributed by atoms with van der Waals surface area (Å²) in [7, 11) is 0. The quantitative estimate of drug-likeness (QED) is 0.839. The number of piperidine rings is 2. The van der Waals surface area contributed by atoms with Gasteiger partial charge in [-0.15, -0.1) is 11.3 Å². The number of thiazole rings is 1. The Morgan fingerprint density at radius 2 is 1.93 bits per heavy atom. The second-order valence-corrected chi connectivity index (χ2v) is 9.35. The van der Waals surface area contributed by atoms with Crippen LogP contribution >= 0.6 is 11.3 Å². The molecular weight excluding hydrogens is 360 g/mol. The average molecular weight is 391 g/mol. The van der Waals surface area contributed by atoms with Crippen molar-refractivity contribution in [3.8, 4) is 0 Å². The molecule has 3 aliphatic rings. The number of anilines is 1. The summed E-state index contributed by atoms with van der Waals surface area (Å²) in [6, 6.07) is 0. The van der Waals surface area contributed by atoms with Crippen molar-refractivity contribution in [1.29, 1.82) is 0 Å². The zero-order chi connectivity index (χ0) is 18.8. The van der Waals surface area contributed by atoms with Crippen LogP contribution in [0.3, 0.4) is 0 Å². The van der Waals surface area contributed by atoms with E-state index in [2.05, 4.69) is 27.5 Å². The van der Waals surface area contributed by atoms with E-state index in [1.54, 1.807) is 0 Å². The minimum absolute atomic E-state index is 0.0106. The van der Waals surface area contributed by atoms with Crippen LogP contribution in [0.25, 0.3) is 0 Å². The lowest BCUT2D eigenvalue weighted by molar-refractivity contribution is -0.135. The Balaban J connectivity index is 1.24. The van der Waals surface area contributed by atoms with Gasteiger partial charge in [-0.3, -0.25) is 14.5 Å². The summed E-state index contributed by atoms with van der Waals surface area (Å²) < 4.78 is 0. The standard InChI is InChI=1S/C20H30N4O2S/c1-14-3-2-8-23(11-14)12-17-13-27-20(21-17)22-18(25)15-6-9-24(10-7-15)19(26)16-4-5-16/h13-16H,2-12H2,1H3,(H,21,22,25). The number of rotatable bonds is 5. The molecule has 6 nitrogen and oxygen atoms in total. The van der Waals surface area contributed by atoms with Crippen molar-refractivity contribution >= 4 is 28.3 Å². The summed E-state index contributed by atoms with van der Waals surface area (Å²) in [5.41, 5.74) is 1.05. The average Bonchev–Trinajstić information content (AvgIpc) is 3.43. The number of hydrogen-bond acceptors (Lipinski definition) is 5. The van der Waals surface area contributed by atoms with Gasteiger partial charge in [-0.05, 0) is 51.0 Å². The Hall–Kier alpha value is -1.47. The van der Waals surface area contributed by atoms with Gasteiger partial charge in [0.05, 0.1) is 5.69 Å². The van der Waals surface area contributed by atoms with Gasteiger partial charge in [0.2, 0.25) is 11.8 Å². The minimum atomic E-state index is -0.0106. The van der Waals surface area contributed by atoms with Crippen LogP contribution in [-0.2, 0) is 16.1 Å². The number of hydrogen-bond donors (Lipinski definition) is 1. The summed E-state index contributed by atoms with van der Waals surface area (Å²) in [6.07, 6.45) is 6.18. The highest BCUT2D eigenvalue weighted by Crippen LogP contribution is 2.32. The first kappa shape index (κ1) is 18.9. The van der Waals surface area contributed by atoms with E-state index in [1.807, 2.05) is 4.90 Å². The molecule has 4 rings (SSSR count). The topological polar surface area (TPSA) is 65.5 Å². The fourth-order valence-corrected chi connectivity index (χ4v) is 4.96. The largest absolute Gasteiger partial charge is 0.342 e.